The number of carbonyl (C=O) groups is 2. The maximum Gasteiger partial charge on any atom is 0.313 e. The van der Waals surface area contributed by atoms with Gasteiger partial charge in [-0.15, -0.1) is 11.3 Å². The fourth-order valence-corrected chi connectivity index (χ4v) is 2.18. The minimum absolute atomic E-state index is 0.0866. The molecule has 0 aliphatic rings. The third-order valence-electron chi connectivity index (χ3n) is 2.47. The summed E-state index contributed by atoms with van der Waals surface area (Å²) in [7, 11) is 3.08. The van der Waals surface area contributed by atoms with Gasteiger partial charge in [-0.2, -0.15) is 4.99 Å². The number of furan rings is 1. The van der Waals surface area contributed by atoms with Crippen LogP contribution in [0, 0.1) is 0 Å². The average molecular weight is 280 g/mol. The van der Waals surface area contributed by atoms with Gasteiger partial charge >= 0.3 is 5.97 Å². The Labute approximate surface area is 113 Å². The highest BCUT2D eigenvalue weighted by molar-refractivity contribution is 7.07. The second kappa shape index (κ2) is 5.66. The molecule has 6 nitrogen and oxygen atoms in total. The summed E-state index contributed by atoms with van der Waals surface area (Å²) in [6, 6.07) is 1.50. The summed E-state index contributed by atoms with van der Waals surface area (Å²) in [5.74, 6) is -0.642. The van der Waals surface area contributed by atoms with E-state index in [1.54, 1.807) is 11.6 Å². The number of carbonyl (C=O) groups excluding carboxylic acids is 2. The lowest BCUT2D eigenvalue weighted by molar-refractivity contribution is -0.140. The van der Waals surface area contributed by atoms with E-state index in [4.69, 9.17) is 4.42 Å². The monoisotopic (exact) mass is 280 g/mol. The van der Waals surface area contributed by atoms with Crippen molar-refractivity contribution in [3.05, 3.63) is 40.0 Å². The zero-order valence-corrected chi connectivity index (χ0v) is 11.3. The first-order valence-electron chi connectivity index (χ1n) is 5.44. The van der Waals surface area contributed by atoms with Crippen LogP contribution in [0.5, 0.6) is 0 Å². The van der Waals surface area contributed by atoms with E-state index >= 15 is 0 Å². The van der Waals surface area contributed by atoms with Crippen molar-refractivity contribution in [2.45, 2.75) is 6.42 Å². The van der Waals surface area contributed by atoms with Gasteiger partial charge in [0.25, 0.3) is 5.91 Å². The molecule has 0 fully saturated rings. The largest absolute Gasteiger partial charge is 0.469 e. The molecule has 2 rings (SSSR count). The molecule has 19 heavy (non-hydrogen) atoms. The number of methoxy groups -OCH3 is 1. The van der Waals surface area contributed by atoms with E-state index < -0.39 is 11.9 Å². The van der Waals surface area contributed by atoms with Crippen LogP contribution < -0.4 is 4.80 Å². The lowest BCUT2D eigenvalue weighted by atomic mass is 10.2. The normalized spacial score (nSPS) is 11.6. The van der Waals surface area contributed by atoms with Crippen LogP contribution in [0.2, 0.25) is 0 Å². The maximum absolute atomic E-state index is 12.0. The van der Waals surface area contributed by atoms with Crippen molar-refractivity contribution in [3.8, 4) is 0 Å². The smallest absolute Gasteiger partial charge is 0.313 e. The lowest BCUT2D eigenvalue weighted by Crippen LogP contribution is -2.13. The van der Waals surface area contributed by atoms with Crippen LogP contribution in [0.4, 0.5) is 0 Å². The number of esters is 1. The van der Waals surface area contributed by atoms with Crippen LogP contribution in [0.25, 0.3) is 0 Å². The highest BCUT2D eigenvalue weighted by Crippen LogP contribution is 2.13. The van der Waals surface area contributed by atoms with E-state index in [0.29, 0.717) is 4.80 Å². The van der Waals surface area contributed by atoms with Gasteiger partial charge in [-0.1, -0.05) is 0 Å². The van der Waals surface area contributed by atoms with Gasteiger partial charge in [0.2, 0.25) is 0 Å². The molecule has 2 aromatic rings. The van der Waals surface area contributed by atoms with E-state index in [0.717, 1.165) is 0 Å². The first-order valence-corrected chi connectivity index (χ1v) is 6.32. The number of aryl methyl sites for hydroxylation is 1. The molecule has 7 heteroatoms. The molecule has 100 valence electrons. The Bertz CT molecular complexity index is 665. The number of amides is 1. The highest BCUT2D eigenvalue weighted by atomic mass is 32.1. The summed E-state index contributed by atoms with van der Waals surface area (Å²) in [6.45, 7) is 0. The topological polar surface area (TPSA) is 73.8 Å². The fourth-order valence-electron chi connectivity index (χ4n) is 1.45. The number of rotatable bonds is 3. The molecule has 0 bridgehead atoms. The number of thiazole rings is 1. The lowest BCUT2D eigenvalue weighted by Gasteiger charge is -1.98. The van der Waals surface area contributed by atoms with Gasteiger partial charge in [0.15, 0.2) is 4.80 Å². The zero-order chi connectivity index (χ0) is 13.8. The first kappa shape index (κ1) is 13.3. The van der Waals surface area contributed by atoms with Gasteiger partial charge in [-0.3, -0.25) is 9.59 Å². The van der Waals surface area contributed by atoms with Crippen LogP contribution in [-0.2, 0) is 23.0 Å². The predicted octanol–water partition coefficient (Wildman–Crippen LogP) is 1.14. The molecule has 0 atom stereocenters. The molecule has 0 aliphatic heterocycles. The summed E-state index contributed by atoms with van der Waals surface area (Å²) in [5, 5.41) is 1.83. The van der Waals surface area contributed by atoms with Crippen molar-refractivity contribution in [3.63, 3.8) is 0 Å². The van der Waals surface area contributed by atoms with Crippen molar-refractivity contribution < 1.29 is 18.7 Å². The molecule has 0 spiro atoms. The van der Waals surface area contributed by atoms with Gasteiger partial charge in [-0.05, 0) is 6.07 Å². The van der Waals surface area contributed by atoms with Crippen molar-refractivity contribution in [1.29, 1.82) is 0 Å². The van der Waals surface area contributed by atoms with E-state index in [1.807, 2.05) is 11.6 Å². The van der Waals surface area contributed by atoms with Gasteiger partial charge in [0, 0.05) is 18.6 Å². The van der Waals surface area contributed by atoms with E-state index in [9.17, 15) is 9.59 Å². The van der Waals surface area contributed by atoms with Crippen LogP contribution >= 0.6 is 11.3 Å². The molecular formula is C12H12N2O4S. The summed E-state index contributed by atoms with van der Waals surface area (Å²) in [4.78, 5) is 27.8. The summed E-state index contributed by atoms with van der Waals surface area (Å²) in [5.41, 5.74) is 0.277. The predicted molar refractivity (Wildman–Crippen MR) is 67.6 cm³/mol. The number of ether oxygens (including phenoxy) is 1. The molecule has 0 aromatic carbocycles. The minimum atomic E-state index is -0.467. The van der Waals surface area contributed by atoms with Crippen molar-refractivity contribution in [1.82, 2.24) is 4.57 Å². The molecule has 0 unspecified atom stereocenters. The third kappa shape index (κ3) is 3.00. The average Bonchev–Trinajstić information content (AvgIpc) is 2.99. The maximum atomic E-state index is 12.0. The molecule has 0 saturated carbocycles. The molecule has 2 aromatic heterocycles. The summed E-state index contributed by atoms with van der Waals surface area (Å²) >= 11 is 1.35. The Morgan fingerprint density at radius 1 is 1.53 bits per heavy atom. The number of nitrogens with zero attached hydrogens (tertiary/aromatic N) is 2. The second-order valence-electron chi connectivity index (χ2n) is 3.72. The molecular weight excluding hydrogens is 268 g/mol. The van der Waals surface area contributed by atoms with Gasteiger partial charge in [0.1, 0.15) is 12.2 Å². The van der Waals surface area contributed by atoms with Gasteiger partial charge < -0.3 is 13.7 Å². The summed E-state index contributed by atoms with van der Waals surface area (Å²) in [6.07, 6.45) is 3.08. The van der Waals surface area contributed by atoms with Crippen LogP contribution in [0.15, 0.2) is 33.3 Å². The van der Waals surface area contributed by atoms with Crippen LogP contribution in [0.1, 0.15) is 16.1 Å². The van der Waals surface area contributed by atoms with Gasteiger partial charge in [-0.25, -0.2) is 0 Å². The van der Waals surface area contributed by atoms with Crippen molar-refractivity contribution in [2.75, 3.05) is 7.11 Å². The quantitative estimate of drug-likeness (QED) is 0.790. The second-order valence-corrected chi connectivity index (χ2v) is 4.60. The standard InChI is InChI=1S/C12H12N2O4S/c1-14-4-6-19-12(14)13-11(16)8-3-5-18-9(8)7-10(15)17-2/h3-6H,7H2,1-2H3. The van der Waals surface area contributed by atoms with E-state index in [1.165, 1.54) is 30.8 Å². The number of aromatic nitrogens is 1. The fraction of sp³-hybridized carbons (Fsp3) is 0.250. The number of hydrogen-bond donors (Lipinski definition) is 0. The number of hydrogen-bond acceptors (Lipinski definition) is 5. The zero-order valence-electron chi connectivity index (χ0n) is 10.5. The molecule has 0 N–H and O–H groups in total. The SMILES string of the molecule is COC(=O)Cc1occc1C(=O)N=c1sccn1C. The molecule has 0 aliphatic carbocycles. The Kier molecular flexibility index (Phi) is 3.96. The Morgan fingerprint density at radius 2 is 2.32 bits per heavy atom. The Morgan fingerprint density at radius 3 is 2.95 bits per heavy atom. The Hall–Kier alpha value is -2.15. The molecule has 0 radical (unpaired) electrons. The van der Waals surface area contributed by atoms with E-state index in [-0.39, 0.29) is 17.7 Å². The van der Waals surface area contributed by atoms with Crippen molar-refractivity contribution >= 4 is 23.2 Å². The molecule has 0 saturated heterocycles. The first-order chi connectivity index (χ1) is 9.11. The third-order valence-corrected chi connectivity index (χ3v) is 3.31. The van der Waals surface area contributed by atoms with Crippen molar-refractivity contribution in [2.24, 2.45) is 12.0 Å². The van der Waals surface area contributed by atoms with E-state index in [2.05, 4.69) is 9.73 Å². The van der Waals surface area contributed by atoms with Gasteiger partial charge in [0.05, 0.1) is 18.9 Å². The Balaban J connectivity index is 2.28. The minimum Gasteiger partial charge on any atom is -0.469 e. The highest BCUT2D eigenvalue weighted by Gasteiger charge is 2.17. The molecule has 1 amide bonds. The van der Waals surface area contributed by atoms with Crippen LogP contribution in [-0.4, -0.2) is 23.6 Å². The van der Waals surface area contributed by atoms with Crippen LogP contribution in [0.3, 0.4) is 0 Å². The molecule has 2 heterocycles. The summed E-state index contributed by atoms with van der Waals surface area (Å²) < 4.78 is 11.4.